The Morgan fingerprint density at radius 2 is 1.83 bits per heavy atom. The average Bonchev–Trinajstić information content (AvgIpc) is 2.72. The molecule has 4 aromatic rings. The van der Waals surface area contributed by atoms with Crippen molar-refractivity contribution >= 4 is 22.4 Å². The monoisotopic (exact) mass is 388 g/mol. The van der Waals surface area contributed by atoms with Gasteiger partial charge in [0.25, 0.3) is 0 Å². The molecule has 6 heteroatoms. The number of methoxy groups -OCH3 is 1. The molecule has 0 aliphatic carbocycles. The topological polar surface area (TPSA) is 64.3 Å². The summed E-state index contributed by atoms with van der Waals surface area (Å²) in [6.07, 6.45) is 1.80. The number of nitrogens with zero attached hydrogens (tertiary/aromatic N) is 3. The summed E-state index contributed by atoms with van der Waals surface area (Å²) in [5.74, 6) is 1.25. The molecule has 0 amide bonds. The molecule has 2 aromatic carbocycles. The highest BCUT2D eigenvalue weighted by Crippen LogP contribution is 2.25. The molecule has 0 aliphatic rings. The van der Waals surface area contributed by atoms with Gasteiger partial charge < -0.3 is 15.4 Å². The lowest BCUT2D eigenvalue weighted by Gasteiger charge is -2.19. The van der Waals surface area contributed by atoms with Crippen LogP contribution < -0.4 is 15.4 Å². The number of ether oxygens (including phenoxy) is 1. The van der Waals surface area contributed by atoms with Crippen molar-refractivity contribution in [2.45, 2.75) is 6.54 Å². The number of nitrogen functional groups attached to an aromatic ring is 1. The molecule has 0 radical (unpaired) electrons. The Hall–Kier alpha value is -3.67. The molecule has 0 saturated carbocycles. The third kappa shape index (κ3) is 4.11. The molecule has 2 N–H and O–H groups in total. The molecule has 146 valence electrons. The first-order valence-electron chi connectivity index (χ1n) is 9.19. The largest absolute Gasteiger partial charge is 0.497 e. The van der Waals surface area contributed by atoms with Gasteiger partial charge in [-0.3, -0.25) is 0 Å². The molecule has 4 rings (SSSR count). The summed E-state index contributed by atoms with van der Waals surface area (Å²) < 4.78 is 18.9. The Morgan fingerprint density at radius 3 is 2.55 bits per heavy atom. The molecular weight excluding hydrogens is 367 g/mol. The van der Waals surface area contributed by atoms with E-state index >= 15 is 0 Å². The standard InChI is InChI=1S/C23H21FN4O/c1-28(14-15-3-6-20(29-2)7-4-15)23-12-22-16(13-26-23)5-8-21(27-22)17-9-18(24)11-19(25)10-17/h3-13H,14,25H2,1-2H3. The van der Waals surface area contributed by atoms with Crippen molar-refractivity contribution in [3.05, 3.63) is 78.2 Å². The number of hydrogen-bond acceptors (Lipinski definition) is 5. The number of benzene rings is 2. The van der Waals surface area contributed by atoms with E-state index in [1.807, 2.05) is 49.5 Å². The van der Waals surface area contributed by atoms with Gasteiger partial charge in [0, 0.05) is 42.5 Å². The van der Waals surface area contributed by atoms with E-state index in [9.17, 15) is 4.39 Å². The van der Waals surface area contributed by atoms with Gasteiger partial charge in [0.1, 0.15) is 17.4 Å². The predicted octanol–water partition coefficient (Wildman–Crippen LogP) is 4.66. The third-order valence-electron chi connectivity index (χ3n) is 4.74. The zero-order valence-electron chi connectivity index (χ0n) is 16.3. The van der Waals surface area contributed by atoms with Crippen LogP contribution in [0.5, 0.6) is 5.75 Å². The zero-order valence-corrected chi connectivity index (χ0v) is 16.3. The van der Waals surface area contributed by atoms with E-state index in [1.165, 1.54) is 12.1 Å². The van der Waals surface area contributed by atoms with E-state index in [4.69, 9.17) is 15.5 Å². The Bertz CT molecular complexity index is 1140. The van der Waals surface area contributed by atoms with Crippen LogP contribution in [-0.4, -0.2) is 24.1 Å². The fourth-order valence-corrected chi connectivity index (χ4v) is 3.22. The second-order valence-corrected chi connectivity index (χ2v) is 6.91. The summed E-state index contributed by atoms with van der Waals surface area (Å²) in [4.78, 5) is 11.3. The summed E-state index contributed by atoms with van der Waals surface area (Å²) in [6.45, 7) is 0.697. The van der Waals surface area contributed by atoms with Gasteiger partial charge in [0.15, 0.2) is 0 Å². The van der Waals surface area contributed by atoms with Gasteiger partial charge in [-0.05, 0) is 48.0 Å². The highest BCUT2D eigenvalue weighted by atomic mass is 19.1. The highest BCUT2D eigenvalue weighted by molar-refractivity contribution is 5.83. The number of halogens is 1. The Morgan fingerprint density at radius 1 is 1.03 bits per heavy atom. The van der Waals surface area contributed by atoms with Crippen LogP contribution in [0, 0.1) is 5.82 Å². The minimum atomic E-state index is -0.378. The van der Waals surface area contributed by atoms with E-state index in [0.717, 1.165) is 28.0 Å². The van der Waals surface area contributed by atoms with Crippen molar-refractivity contribution in [3.8, 4) is 17.0 Å². The SMILES string of the molecule is COc1ccc(CN(C)c2cc3nc(-c4cc(N)cc(F)c4)ccc3cn2)cc1. The van der Waals surface area contributed by atoms with E-state index < -0.39 is 0 Å². The Balaban J connectivity index is 1.63. The molecule has 0 bridgehead atoms. The molecule has 0 saturated heterocycles. The maximum Gasteiger partial charge on any atom is 0.130 e. The van der Waals surface area contributed by atoms with Crippen molar-refractivity contribution in [1.82, 2.24) is 9.97 Å². The van der Waals surface area contributed by atoms with E-state index in [1.54, 1.807) is 19.4 Å². The van der Waals surface area contributed by atoms with Crippen molar-refractivity contribution in [2.75, 3.05) is 24.8 Å². The van der Waals surface area contributed by atoms with Crippen molar-refractivity contribution in [3.63, 3.8) is 0 Å². The molecule has 0 unspecified atom stereocenters. The van der Waals surface area contributed by atoms with E-state index in [-0.39, 0.29) is 5.82 Å². The number of hydrogen-bond donors (Lipinski definition) is 1. The molecular formula is C23H21FN4O. The van der Waals surface area contributed by atoms with Crippen LogP contribution in [0.4, 0.5) is 15.9 Å². The number of rotatable bonds is 5. The number of nitrogens with two attached hydrogens (primary N) is 1. The van der Waals surface area contributed by atoms with Gasteiger partial charge in [-0.1, -0.05) is 12.1 Å². The summed E-state index contributed by atoms with van der Waals surface area (Å²) >= 11 is 0. The van der Waals surface area contributed by atoms with Gasteiger partial charge in [-0.25, -0.2) is 14.4 Å². The second-order valence-electron chi connectivity index (χ2n) is 6.91. The minimum absolute atomic E-state index is 0.372. The highest BCUT2D eigenvalue weighted by Gasteiger charge is 2.09. The average molecular weight is 388 g/mol. The smallest absolute Gasteiger partial charge is 0.130 e. The van der Waals surface area contributed by atoms with Gasteiger partial charge in [0.05, 0.1) is 18.3 Å². The molecule has 5 nitrogen and oxygen atoms in total. The molecule has 2 aromatic heterocycles. The molecule has 29 heavy (non-hydrogen) atoms. The van der Waals surface area contributed by atoms with E-state index in [0.29, 0.717) is 23.5 Å². The summed E-state index contributed by atoms with van der Waals surface area (Å²) in [7, 11) is 3.63. The number of anilines is 2. The summed E-state index contributed by atoms with van der Waals surface area (Å²) in [6, 6.07) is 18.1. The van der Waals surface area contributed by atoms with Crippen molar-refractivity contribution in [2.24, 2.45) is 0 Å². The fraction of sp³-hybridized carbons (Fsp3) is 0.130. The zero-order chi connectivity index (χ0) is 20.4. The number of aromatic nitrogens is 2. The van der Waals surface area contributed by atoms with Crippen molar-refractivity contribution in [1.29, 1.82) is 0 Å². The van der Waals surface area contributed by atoms with Gasteiger partial charge in [-0.15, -0.1) is 0 Å². The van der Waals surface area contributed by atoms with Gasteiger partial charge in [-0.2, -0.15) is 0 Å². The molecule has 0 atom stereocenters. The molecule has 0 fully saturated rings. The first-order chi connectivity index (χ1) is 14.0. The Labute approximate surface area is 168 Å². The lowest BCUT2D eigenvalue weighted by Crippen LogP contribution is -2.17. The second kappa shape index (κ2) is 7.75. The summed E-state index contributed by atoms with van der Waals surface area (Å²) in [5, 5.41) is 0.916. The Kier molecular flexibility index (Phi) is 4.99. The molecule has 2 heterocycles. The summed E-state index contributed by atoms with van der Waals surface area (Å²) in [5.41, 5.74) is 9.39. The van der Waals surface area contributed by atoms with Gasteiger partial charge >= 0.3 is 0 Å². The third-order valence-corrected chi connectivity index (χ3v) is 4.74. The molecule has 0 aliphatic heterocycles. The van der Waals surface area contributed by atoms with Crippen molar-refractivity contribution < 1.29 is 9.13 Å². The van der Waals surface area contributed by atoms with Crippen LogP contribution >= 0.6 is 0 Å². The molecule has 0 spiro atoms. The van der Waals surface area contributed by atoms with Crippen LogP contribution in [0.3, 0.4) is 0 Å². The fourth-order valence-electron chi connectivity index (χ4n) is 3.22. The van der Waals surface area contributed by atoms with Crippen LogP contribution in [0.25, 0.3) is 22.2 Å². The maximum absolute atomic E-state index is 13.7. The van der Waals surface area contributed by atoms with Crippen LogP contribution in [0.1, 0.15) is 5.56 Å². The van der Waals surface area contributed by atoms with Crippen LogP contribution in [-0.2, 0) is 6.54 Å². The normalized spacial score (nSPS) is 10.9. The maximum atomic E-state index is 13.7. The quantitative estimate of drug-likeness (QED) is 0.504. The predicted molar refractivity (Wildman–Crippen MR) is 114 cm³/mol. The van der Waals surface area contributed by atoms with Crippen LogP contribution in [0.15, 0.2) is 66.9 Å². The first kappa shape index (κ1) is 18.7. The first-order valence-corrected chi connectivity index (χ1v) is 9.19. The number of fused-ring (bicyclic) bond motifs is 1. The minimum Gasteiger partial charge on any atom is -0.497 e. The van der Waals surface area contributed by atoms with E-state index in [2.05, 4.69) is 9.88 Å². The lowest BCUT2D eigenvalue weighted by molar-refractivity contribution is 0.414. The lowest BCUT2D eigenvalue weighted by atomic mass is 10.1. The van der Waals surface area contributed by atoms with Crippen LogP contribution in [0.2, 0.25) is 0 Å². The number of pyridine rings is 2. The van der Waals surface area contributed by atoms with Gasteiger partial charge in [0.2, 0.25) is 0 Å².